The molecular weight excluding hydrogens is 394 g/mol. The van der Waals surface area contributed by atoms with Crippen molar-refractivity contribution in [1.82, 2.24) is 0 Å². The molecule has 0 fully saturated rings. The van der Waals surface area contributed by atoms with Crippen molar-refractivity contribution in [3.63, 3.8) is 0 Å². The maximum atomic E-state index is 15.0. The molecule has 3 aromatic rings. The van der Waals surface area contributed by atoms with E-state index in [0.29, 0.717) is 17.5 Å². The smallest absolute Gasteiger partial charge is 0.399 e. The molecule has 0 aliphatic carbocycles. The minimum absolute atomic E-state index is 0.118. The average molecular weight is 412 g/mol. The molecule has 0 heterocycles. The van der Waals surface area contributed by atoms with Crippen LogP contribution in [0.4, 0.5) is 26.3 Å². The number of ether oxygens (including phenoxy) is 1. The SMILES string of the molecule is CCCCCc1ccc2c(F)c(-c3cc(F)c(OC(F)(F)F)c(F)c3)ccc2c1. The van der Waals surface area contributed by atoms with Crippen LogP contribution in [0.3, 0.4) is 0 Å². The lowest BCUT2D eigenvalue weighted by molar-refractivity contribution is -0.276. The van der Waals surface area contributed by atoms with Crippen LogP contribution >= 0.6 is 0 Å². The Balaban J connectivity index is 1.97. The first-order valence-electron chi connectivity index (χ1n) is 9.16. The van der Waals surface area contributed by atoms with Crippen LogP contribution in [0, 0.1) is 17.5 Å². The highest BCUT2D eigenvalue weighted by atomic mass is 19.4. The van der Waals surface area contributed by atoms with E-state index >= 15 is 0 Å². The Morgan fingerprint density at radius 2 is 1.55 bits per heavy atom. The summed E-state index contributed by atoms with van der Waals surface area (Å²) in [5, 5.41) is 0.899. The van der Waals surface area contributed by atoms with E-state index in [1.807, 2.05) is 6.07 Å². The summed E-state index contributed by atoms with van der Waals surface area (Å²) >= 11 is 0. The third-order valence-electron chi connectivity index (χ3n) is 4.61. The number of hydrogen-bond donors (Lipinski definition) is 0. The molecule has 0 radical (unpaired) electrons. The van der Waals surface area contributed by atoms with E-state index in [0.717, 1.165) is 31.2 Å². The van der Waals surface area contributed by atoms with Crippen molar-refractivity contribution in [1.29, 1.82) is 0 Å². The predicted octanol–water partition coefficient (Wildman–Crippen LogP) is 7.56. The maximum Gasteiger partial charge on any atom is 0.573 e. The summed E-state index contributed by atoms with van der Waals surface area (Å²) in [6, 6.07) is 9.47. The van der Waals surface area contributed by atoms with Crippen LogP contribution in [0.5, 0.6) is 5.75 Å². The molecule has 0 saturated carbocycles. The standard InChI is InChI=1S/C22H18F6O/c1-2-3-4-5-13-6-8-16-14(10-13)7-9-17(20(16)25)15-11-18(23)21(19(24)12-15)29-22(26,27)28/h6-12H,2-5H2,1H3. The fourth-order valence-corrected chi connectivity index (χ4v) is 3.23. The maximum absolute atomic E-state index is 15.0. The van der Waals surface area contributed by atoms with Crippen LogP contribution in [0.25, 0.3) is 21.9 Å². The Labute approximate surface area is 163 Å². The lowest BCUT2D eigenvalue weighted by atomic mass is 9.97. The molecule has 0 atom stereocenters. The molecule has 0 bridgehead atoms. The summed E-state index contributed by atoms with van der Waals surface area (Å²) in [6.07, 6.45) is -1.17. The fourth-order valence-electron chi connectivity index (χ4n) is 3.23. The van der Waals surface area contributed by atoms with Gasteiger partial charge in [0.15, 0.2) is 11.6 Å². The van der Waals surface area contributed by atoms with Crippen LogP contribution < -0.4 is 4.74 Å². The molecule has 0 unspecified atom stereocenters. The Morgan fingerprint density at radius 1 is 0.862 bits per heavy atom. The molecule has 0 aliphatic heterocycles. The van der Waals surface area contributed by atoms with Gasteiger partial charge in [-0.15, -0.1) is 13.2 Å². The van der Waals surface area contributed by atoms with Gasteiger partial charge in [0.1, 0.15) is 5.82 Å². The molecule has 154 valence electrons. The quantitative estimate of drug-likeness (QED) is 0.300. The van der Waals surface area contributed by atoms with Crippen LogP contribution in [0.1, 0.15) is 31.7 Å². The fraction of sp³-hybridized carbons (Fsp3) is 0.273. The number of rotatable bonds is 6. The largest absolute Gasteiger partial charge is 0.573 e. The monoisotopic (exact) mass is 412 g/mol. The van der Waals surface area contributed by atoms with Crippen molar-refractivity contribution < 1.29 is 31.1 Å². The Kier molecular flexibility index (Phi) is 6.05. The Morgan fingerprint density at radius 3 is 2.17 bits per heavy atom. The van der Waals surface area contributed by atoms with Crippen molar-refractivity contribution in [3.05, 3.63) is 65.5 Å². The predicted molar refractivity (Wildman–Crippen MR) is 99.2 cm³/mol. The first-order chi connectivity index (χ1) is 13.7. The minimum Gasteiger partial charge on any atom is -0.399 e. The summed E-state index contributed by atoms with van der Waals surface area (Å²) in [6.45, 7) is 2.10. The van der Waals surface area contributed by atoms with Crippen molar-refractivity contribution >= 4 is 10.8 Å². The van der Waals surface area contributed by atoms with E-state index in [2.05, 4.69) is 11.7 Å². The number of halogens is 6. The summed E-state index contributed by atoms with van der Waals surface area (Å²) in [4.78, 5) is 0. The van der Waals surface area contributed by atoms with Gasteiger partial charge in [-0.2, -0.15) is 0 Å². The van der Waals surface area contributed by atoms with E-state index in [4.69, 9.17) is 0 Å². The number of unbranched alkanes of at least 4 members (excludes halogenated alkanes) is 2. The second-order valence-corrected chi connectivity index (χ2v) is 6.76. The van der Waals surface area contributed by atoms with Crippen molar-refractivity contribution in [2.45, 2.75) is 39.0 Å². The van der Waals surface area contributed by atoms with Gasteiger partial charge in [-0.3, -0.25) is 0 Å². The summed E-state index contributed by atoms with van der Waals surface area (Å²) < 4.78 is 83.1. The van der Waals surface area contributed by atoms with Crippen LogP contribution in [0.15, 0.2) is 42.5 Å². The van der Waals surface area contributed by atoms with E-state index in [-0.39, 0.29) is 16.5 Å². The van der Waals surface area contributed by atoms with Gasteiger partial charge >= 0.3 is 6.36 Å². The average Bonchev–Trinajstić information content (AvgIpc) is 2.64. The highest BCUT2D eigenvalue weighted by Gasteiger charge is 2.34. The van der Waals surface area contributed by atoms with Gasteiger partial charge in [0.2, 0.25) is 5.75 Å². The molecule has 0 saturated heterocycles. The van der Waals surface area contributed by atoms with Crippen molar-refractivity contribution in [3.8, 4) is 16.9 Å². The van der Waals surface area contributed by atoms with E-state index in [1.165, 1.54) is 6.07 Å². The van der Waals surface area contributed by atoms with Crippen LogP contribution in [-0.4, -0.2) is 6.36 Å². The number of hydrogen-bond acceptors (Lipinski definition) is 1. The van der Waals surface area contributed by atoms with Crippen LogP contribution in [0.2, 0.25) is 0 Å². The molecule has 0 N–H and O–H groups in total. The number of fused-ring (bicyclic) bond motifs is 1. The zero-order valence-corrected chi connectivity index (χ0v) is 15.5. The first kappa shape index (κ1) is 21.0. The molecule has 29 heavy (non-hydrogen) atoms. The topological polar surface area (TPSA) is 9.23 Å². The normalized spacial score (nSPS) is 11.8. The zero-order chi connectivity index (χ0) is 21.2. The molecule has 0 aliphatic rings. The summed E-state index contributed by atoms with van der Waals surface area (Å²) in [7, 11) is 0. The molecule has 0 amide bonds. The third-order valence-corrected chi connectivity index (χ3v) is 4.61. The minimum atomic E-state index is -5.24. The van der Waals surface area contributed by atoms with Gasteiger partial charge in [-0.25, -0.2) is 13.2 Å². The number of benzene rings is 3. The number of alkyl halides is 3. The van der Waals surface area contributed by atoms with Crippen LogP contribution in [-0.2, 0) is 6.42 Å². The molecule has 3 rings (SSSR count). The molecule has 0 spiro atoms. The highest BCUT2D eigenvalue weighted by Crippen LogP contribution is 2.35. The van der Waals surface area contributed by atoms with E-state index in [1.54, 1.807) is 18.2 Å². The molecule has 7 heteroatoms. The van der Waals surface area contributed by atoms with Gasteiger partial charge in [-0.05, 0) is 41.5 Å². The molecule has 1 nitrogen and oxygen atoms in total. The second kappa shape index (κ2) is 8.35. The Bertz CT molecular complexity index is 1000. The van der Waals surface area contributed by atoms with Gasteiger partial charge < -0.3 is 4.74 Å². The lowest BCUT2D eigenvalue weighted by Gasteiger charge is -2.13. The number of aryl methyl sites for hydroxylation is 1. The molecule has 3 aromatic carbocycles. The van der Waals surface area contributed by atoms with Crippen molar-refractivity contribution in [2.24, 2.45) is 0 Å². The Hall–Kier alpha value is -2.70. The summed E-state index contributed by atoms with van der Waals surface area (Å²) in [5.74, 6) is -5.41. The summed E-state index contributed by atoms with van der Waals surface area (Å²) in [5.41, 5.74) is 0.720. The van der Waals surface area contributed by atoms with Crippen molar-refractivity contribution in [2.75, 3.05) is 0 Å². The van der Waals surface area contributed by atoms with Gasteiger partial charge in [0.25, 0.3) is 0 Å². The molecule has 0 aromatic heterocycles. The van der Waals surface area contributed by atoms with E-state index in [9.17, 15) is 26.3 Å². The van der Waals surface area contributed by atoms with E-state index < -0.39 is 29.6 Å². The van der Waals surface area contributed by atoms with Gasteiger partial charge in [0.05, 0.1) is 0 Å². The first-order valence-corrected chi connectivity index (χ1v) is 9.16. The zero-order valence-electron chi connectivity index (χ0n) is 15.5. The second-order valence-electron chi connectivity index (χ2n) is 6.76. The van der Waals surface area contributed by atoms with Gasteiger partial charge in [-0.1, -0.05) is 50.1 Å². The highest BCUT2D eigenvalue weighted by molar-refractivity contribution is 5.88. The molecular formula is C22H18F6O. The third kappa shape index (κ3) is 4.83. The van der Waals surface area contributed by atoms with Gasteiger partial charge in [0, 0.05) is 10.9 Å². The lowest BCUT2D eigenvalue weighted by Crippen LogP contribution is -2.19.